The van der Waals surface area contributed by atoms with Gasteiger partial charge in [0.05, 0.1) is 11.4 Å². The Kier molecular flexibility index (Phi) is 5.40. The van der Waals surface area contributed by atoms with Gasteiger partial charge in [-0.3, -0.25) is 10.2 Å². The molecule has 0 atom stereocenters. The first kappa shape index (κ1) is 19.9. The molecule has 5 nitrogen and oxygen atoms in total. The van der Waals surface area contributed by atoms with E-state index in [-0.39, 0.29) is 11.7 Å². The third-order valence-corrected chi connectivity index (χ3v) is 5.18. The van der Waals surface area contributed by atoms with Crippen molar-refractivity contribution in [1.29, 1.82) is 0 Å². The van der Waals surface area contributed by atoms with E-state index in [1.54, 1.807) is 12.1 Å². The number of hydrazone groups is 1. The van der Waals surface area contributed by atoms with Gasteiger partial charge in [0.15, 0.2) is 5.76 Å². The summed E-state index contributed by atoms with van der Waals surface area (Å²) in [5.41, 5.74) is 9.11. The molecule has 3 aromatic rings. The zero-order valence-electron chi connectivity index (χ0n) is 17.3. The zero-order valence-corrected chi connectivity index (χ0v) is 17.3. The lowest BCUT2D eigenvalue weighted by molar-refractivity contribution is 0.0994. The van der Waals surface area contributed by atoms with Crippen LogP contribution in [0.1, 0.15) is 51.4 Å². The van der Waals surface area contributed by atoms with Crippen LogP contribution in [-0.4, -0.2) is 11.6 Å². The van der Waals surface area contributed by atoms with Crippen LogP contribution in [0.4, 0.5) is 15.8 Å². The van der Waals surface area contributed by atoms with Gasteiger partial charge in [-0.2, -0.15) is 5.10 Å². The van der Waals surface area contributed by atoms with Gasteiger partial charge in [-0.05, 0) is 81.1 Å². The summed E-state index contributed by atoms with van der Waals surface area (Å²) < 4.78 is 19.1. The van der Waals surface area contributed by atoms with Crippen molar-refractivity contribution in [3.8, 4) is 0 Å². The molecule has 6 heteroatoms. The van der Waals surface area contributed by atoms with E-state index in [0.717, 1.165) is 58.7 Å². The highest BCUT2D eigenvalue weighted by Gasteiger charge is 2.28. The Morgan fingerprint density at radius 2 is 1.70 bits per heavy atom. The van der Waals surface area contributed by atoms with Gasteiger partial charge < -0.3 is 9.73 Å². The number of fused-ring (bicyclic) bond motifs is 1. The number of rotatable bonds is 4. The minimum atomic E-state index is -0.293. The smallest absolute Gasteiger partial charge is 0.291 e. The van der Waals surface area contributed by atoms with Crippen molar-refractivity contribution in [3.05, 3.63) is 82.1 Å². The first-order valence-corrected chi connectivity index (χ1v) is 10.0. The minimum Gasteiger partial charge on any atom is -0.455 e. The normalized spacial score (nSPS) is 14.5. The van der Waals surface area contributed by atoms with Gasteiger partial charge in [0.1, 0.15) is 11.6 Å². The van der Waals surface area contributed by atoms with E-state index in [0.29, 0.717) is 11.4 Å². The van der Waals surface area contributed by atoms with Crippen LogP contribution in [0.15, 0.2) is 52.0 Å². The Morgan fingerprint density at radius 1 is 1.00 bits per heavy atom. The number of anilines is 2. The number of hydrogen-bond acceptors (Lipinski definition) is 4. The largest absolute Gasteiger partial charge is 0.455 e. The predicted octanol–water partition coefficient (Wildman–Crippen LogP) is 5.75. The molecule has 2 aromatic carbocycles. The van der Waals surface area contributed by atoms with E-state index < -0.39 is 0 Å². The topological polar surface area (TPSA) is 66.6 Å². The van der Waals surface area contributed by atoms with E-state index in [2.05, 4.69) is 21.9 Å². The van der Waals surface area contributed by atoms with Crippen LogP contribution in [-0.2, 0) is 6.42 Å². The second-order valence-corrected chi connectivity index (χ2v) is 7.72. The first-order valence-electron chi connectivity index (χ1n) is 10.0. The quantitative estimate of drug-likeness (QED) is 0.543. The molecule has 0 bridgehead atoms. The molecule has 30 heavy (non-hydrogen) atoms. The molecule has 1 aromatic heterocycles. The van der Waals surface area contributed by atoms with E-state index in [9.17, 15) is 9.18 Å². The molecule has 0 aliphatic heterocycles. The maximum Gasteiger partial charge on any atom is 0.291 e. The molecule has 0 saturated heterocycles. The maximum absolute atomic E-state index is 13.1. The van der Waals surface area contributed by atoms with Crippen molar-refractivity contribution in [1.82, 2.24) is 0 Å². The van der Waals surface area contributed by atoms with Crippen molar-refractivity contribution < 1.29 is 13.6 Å². The predicted molar refractivity (Wildman–Crippen MR) is 117 cm³/mol. The van der Waals surface area contributed by atoms with Gasteiger partial charge >= 0.3 is 0 Å². The molecular formula is C24H24FN3O2. The van der Waals surface area contributed by atoms with Crippen molar-refractivity contribution in [2.24, 2.45) is 5.10 Å². The van der Waals surface area contributed by atoms with E-state index >= 15 is 0 Å². The number of furan rings is 1. The van der Waals surface area contributed by atoms with Crippen LogP contribution in [0.3, 0.4) is 0 Å². The molecule has 1 heterocycles. The van der Waals surface area contributed by atoms with Gasteiger partial charge in [0, 0.05) is 23.2 Å². The van der Waals surface area contributed by atoms with Crippen LogP contribution >= 0.6 is 0 Å². The monoisotopic (exact) mass is 405 g/mol. The van der Waals surface area contributed by atoms with Crippen LogP contribution in [0.5, 0.6) is 0 Å². The highest BCUT2D eigenvalue weighted by Crippen LogP contribution is 2.30. The number of halogens is 1. The van der Waals surface area contributed by atoms with Crippen LogP contribution in [0.2, 0.25) is 0 Å². The fraction of sp³-hybridized carbons (Fsp3) is 0.250. The lowest BCUT2D eigenvalue weighted by Gasteiger charge is -2.13. The second kappa shape index (κ2) is 8.14. The van der Waals surface area contributed by atoms with Crippen molar-refractivity contribution in [3.63, 3.8) is 0 Å². The summed E-state index contributed by atoms with van der Waals surface area (Å²) in [6, 6.07) is 12.0. The van der Waals surface area contributed by atoms with Gasteiger partial charge in [0.2, 0.25) is 0 Å². The summed E-state index contributed by atoms with van der Waals surface area (Å²) >= 11 is 0. The Hall–Kier alpha value is -3.41. The summed E-state index contributed by atoms with van der Waals surface area (Å²) in [5.74, 6) is 0.538. The fourth-order valence-corrected chi connectivity index (χ4v) is 3.89. The third-order valence-electron chi connectivity index (χ3n) is 5.18. The number of benzene rings is 2. The minimum absolute atomic E-state index is 0.266. The summed E-state index contributed by atoms with van der Waals surface area (Å²) in [6.45, 7) is 5.88. The first-order chi connectivity index (χ1) is 14.4. The Balaban J connectivity index is 1.59. The standard InChI is InChI=1S/C24H24FN3O2/c1-14-11-15(2)13-19(12-14)26-24(29)23-16(3)22-20(5-4-6-21(22)30-23)28-27-18-9-7-17(25)8-10-18/h7-13,27H,4-6H2,1-3H3,(H,26,29)/b28-20+. The average Bonchev–Trinajstić information content (AvgIpc) is 3.04. The van der Waals surface area contributed by atoms with E-state index in [1.807, 2.05) is 32.9 Å². The van der Waals surface area contributed by atoms with Gasteiger partial charge in [-0.25, -0.2) is 4.39 Å². The number of amides is 1. The molecule has 154 valence electrons. The van der Waals surface area contributed by atoms with Crippen molar-refractivity contribution >= 4 is 23.0 Å². The summed E-state index contributed by atoms with van der Waals surface area (Å²) in [6.07, 6.45) is 2.43. The number of hydrogen-bond donors (Lipinski definition) is 2. The molecule has 4 rings (SSSR count). The van der Waals surface area contributed by atoms with E-state index in [4.69, 9.17) is 4.42 Å². The Morgan fingerprint density at radius 3 is 2.40 bits per heavy atom. The molecule has 0 radical (unpaired) electrons. The lowest BCUT2D eigenvalue weighted by atomic mass is 9.93. The SMILES string of the molecule is Cc1cc(C)cc(NC(=O)c2oc3c(c2C)/C(=N/Nc2ccc(F)cc2)CCC3)c1. The number of carbonyl (C=O) groups is 1. The Labute approximate surface area is 175 Å². The Bertz CT molecular complexity index is 1110. The van der Waals surface area contributed by atoms with Crippen molar-refractivity contribution in [2.45, 2.75) is 40.0 Å². The fourth-order valence-electron chi connectivity index (χ4n) is 3.89. The van der Waals surface area contributed by atoms with Crippen LogP contribution in [0.25, 0.3) is 0 Å². The summed E-state index contributed by atoms with van der Waals surface area (Å²) in [4.78, 5) is 12.9. The van der Waals surface area contributed by atoms with Gasteiger partial charge in [-0.15, -0.1) is 0 Å². The highest BCUT2D eigenvalue weighted by atomic mass is 19.1. The van der Waals surface area contributed by atoms with Gasteiger partial charge in [-0.1, -0.05) is 6.07 Å². The maximum atomic E-state index is 13.1. The second-order valence-electron chi connectivity index (χ2n) is 7.72. The highest BCUT2D eigenvalue weighted by molar-refractivity contribution is 6.09. The number of carbonyl (C=O) groups excluding carboxylic acids is 1. The van der Waals surface area contributed by atoms with E-state index in [1.165, 1.54) is 12.1 Å². The lowest BCUT2D eigenvalue weighted by Crippen LogP contribution is -2.14. The number of aryl methyl sites for hydroxylation is 3. The molecule has 0 saturated carbocycles. The summed E-state index contributed by atoms with van der Waals surface area (Å²) in [5, 5.41) is 7.46. The molecule has 2 N–H and O–H groups in total. The molecule has 1 amide bonds. The van der Waals surface area contributed by atoms with Crippen LogP contribution < -0.4 is 10.7 Å². The molecule has 0 fully saturated rings. The number of nitrogens with one attached hydrogen (secondary N) is 2. The molecule has 0 spiro atoms. The molecular weight excluding hydrogens is 381 g/mol. The molecule has 1 aliphatic rings. The molecule has 0 unspecified atom stereocenters. The van der Waals surface area contributed by atoms with Crippen molar-refractivity contribution in [2.75, 3.05) is 10.7 Å². The van der Waals surface area contributed by atoms with Crippen LogP contribution in [0, 0.1) is 26.6 Å². The average molecular weight is 405 g/mol. The zero-order chi connectivity index (χ0) is 21.3. The molecule has 1 aliphatic carbocycles. The summed E-state index contributed by atoms with van der Waals surface area (Å²) in [7, 11) is 0. The number of nitrogens with zero attached hydrogens (tertiary/aromatic N) is 1. The third kappa shape index (κ3) is 4.13. The van der Waals surface area contributed by atoms with Gasteiger partial charge in [0.25, 0.3) is 5.91 Å².